The minimum Gasteiger partial charge on any atom is -0.366 e. The van der Waals surface area contributed by atoms with Crippen LogP contribution in [0.1, 0.15) is 31.2 Å². The Morgan fingerprint density at radius 1 is 1.32 bits per heavy atom. The molecule has 0 aliphatic carbocycles. The molecule has 118 valence electrons. The first-order valence-corrected chi connectivity index (χ1v) is 7.66. The van der Waals surface area contributed by atoms with E-state index in [1.165, 1.54) is 6.07 Å². The Bertz CT molecular complexity index is 605. The van der Waals surface area contributed by atoms with E-state index in [0.717, 1.165) is 19.6 Å². The second-order valence-corrected chi connectivity index (χ2v) is 6.02. The van der Waals surface area contributed by atoms with Crippen molar-refractivity contribution in [2.24, 2.45) is 0 Å². The van der Waals surface area contributed by atoms with Gasteiger partial charge in [0.25, 0.3) is 0 Å². The van der Waals surface area contributed by atoms with Gasteiger partial charge in [0, 0.05) is 32.1 Å². The van der Waals surface area contributed by atoms with Crippen LogP contribution in [0.5, 0.6) is 0 Å². The number of amides is 2. The molecule has 2 N–H and O–H groups in total. The van der Waals surface area contributed by atoms with Gasteiger partial charge in [-0.2, -0.15) is 0 Å². The zero-order chi connectivity index (χ0) is 15.7. The summed E-state index contributed by atoms with van der Waals surface area (Å²) in [6.45, 7) is 4.42. The smallest absolute Gasteiger partial charge is 0.234 e. The quantitative estimate of drug-likeness (QED) is 0.805. The van der Waals surface area contributed by atoms with E-state index in [9.17, 15) is 14.0 Å². The van der Waals surface area contributed by atoms with Crippen LogP contribution >= 0.6 is 0 Å². The maximum Gasteiger partial charge on any atom is 0.234 e. The highest BCUT2D eigenvalue weighted by atomic mass is 19.1. The summed E-state index contributed by atoms with van der Waals surface area (Å²) in [5, 5.41) is 5.64. The molecular weight excluding hydrogens is 285 g/mol. The Labute approximate surface area is 128 Å². The fraction of sp³-hybridized carbons (Fsp3) is 0.500. The Morgan fingerprint density at radius 3 is 2.82 bits per heavy atom. The third kappa shape index (κ3) is 2.97. The molecule has 3 rings (SSSR count). The van der Waals surface area contributed by atoms with Crippen molar-refractivity contribution >= 4 is 17.5 Å². The lowest BCUT2D eigenvalue weighted by Gasteiger charge is -2.34. The Balaban J connectivity index is 1.80. The van der Waals surface area contributed by atoms with Crippen LogP contribution in [0.15, 0.2) is 18.2 Å². The van der Waals surface area contributed by atoms with E-state index in [2.05, 4.69) is 17.6 Å². The van der Waals surface area contributed by atoms with Gasteiger partial charge in [0.2, 0.25) is 11.8 Å². The number of carbonyl (C=O) groups is 2. The van der Waals surface area contributed by atoms with Gasteiger partial charge in [-0.05, 0) is 31.0 Å². The molecule has 1 aromatic rings. The number of hydrogen-bond donors (Lipinski definition) is 2. The summed E-state index contributed by atoms with van der Waals surface area (Å²) in [6, 6.07) is 5.29. The van der Waals surface area contributed by atoms with Crippen LogP contribution in [0.3, 0.4) is 0 Å². The minimum absolute atomic E-state index is 0.256. The molecule has 0 bridgehead atoms. The molecule has 0 spiro atoms. The van der Waals surface area contributed by atoms with E-state index in [4.69, 9.17) is 0 Å². The highest BCUT2D eigenvalue weighted by Crippen LogP contribution is 2.29. The molecule has 2 atom stereocenters. The summed E-state index contributed by atoms with van der Waals surface area (Å²) in [6.07, 6.45) is 0.739. The standard InChI is InChI=1S/C16H20FN3O2/c1-10-9-20(7-6-18-10)14-4-2-11(8-13(14)17)12-3-5-15(21)19-16(12)22/h2,4,8,10,12,18H,3,5-7,9H2,1H3,(H,19,21,22)/t10-,12?/m0/s1. The monoisotopic (exact) mass is 305 g/mol. The highest BCUT2D eigenvalue weighted by Gasteiger charge is 2.29. The predicted molar refractivity (Wildman–Crippen MR) is 81.2 cm³/mol. The van der Waals surface area contributed by atoms with Crippen LogP contribution < -0.4 is 15.5 Å². The predicted octanol–water partition coefficient (Wildman–Crippen LogP) is 1.14. The van der Waals surface area contributed by atoms with Crippen LogP contribution in [-0.4, -0.2) is 37.5 Å². The zero-order valence-electron chi connectivity index (χ0n) is 12.6. The van der Waals surface area contributed by atoms with Crippen LogP contribution in [-0.2, 0) is 9.59 Å². The second kappa shape index (κ2) is 6.04. The molecule has 2 saturated heterocycles. The van der Waals surface area contributed by atoms with Gasteiger partial charge in [-0.15, -0.1) is 0 Å². The maximum absolute atomic E-state index is 14.5. The van der Waals surface area contributed by atoms with Gasteiger partial charge in [0.1, 0.15) is 5.82 Å². The number of nitrogens with one attached hydrogen (secondary N) is 2. The molecule has 1 aromatic carbocycles. The number of halogens is 1. The van der Waals surface area contributed by atoms with Crippen molar-refractivity contribution in [3.05, 3.63) is 29.6 Å². The third-order valence-corrected chi connectivity index (χ3v) is 4.32. The number of piperazine rings is 1. The first kappa shape index (κ1) is 15.0. The van der Waals surface area contributed by atoms with Gasteiger partial charge in [-0.1, -0.05) is 6.07 Å². The summed E-state index contributed by atoms with van der Waals surface area (Å²) in [4.78, 5) is 25.1. The Hall–Kier alpha value is -1.95. The van der Waals surface area contributed by atoms with Gasteiger partial charge in [0.05, 0.1) is 11.6 Å². The number of benzene rings is 1. The number of anilines is 1. The fourth-order valence-corrected chi connectivity index (χ4v) is 3.16. The lowest BCUT2D eigenvalue weighted by molar-refractivity contribution is -0.134. The van der Waals surface area contributed by atoms with Crippen molar-refractivity contribution in [2.75, 3.05) is 24.5 Å². The van der Waals surface area contributed by atoms with E-state index < -0.39 is 5.92 Å². The molecule has 2 amide bonds. The molecule has 22 heavy (non-hydrogen) atoms. The van der Waals surface area contributed by atoms with Crippen molar-refractivity contribution in [3.8, 4) is 0 Å². The van der Waals surface area contributed by atoms with E-state index >= 15 is 0 Å². The van der Waals surface area contributed by atoms with Crippen molar-refractivity contribution in [3.63, 3.8) is 0 Å². The van der Waals surface area contributed by atoms with Crippen LogP contribution in [0.4, 0.5) is 10.1 Å². The average Bonchev–Trinajstić information content (AvgIpc) is 2.47. The molecule has 2 heterocycles. The first-order valence-electron chi connectivity index (χ1n) is 7.66. The number of imide groups is 1. The lowest BCUT2D eigenvalue weighted by atomic mass is 9.90. The molecular formula is C16H20FN3O2. The lowest BCUT2D eigenvalue weighted by Crippen LogP contribution is -2.49. The normalized spacial score (nSPS) is 26.0. The second-order valence-electron chi connectivity index (χ2n) is 6.02. The minimum atomic E-state index is -0.441. The van der Waals surface area contributed by atoms with Gasteiger partial charge in [-0.3, -0.25) is 14.9 Å². The summed E-state index contributed by atoms with van der Waals surface area (Å²) in [5.74, 6) is -1.34. The summed E-state index contributed by atoms with van der Waals surface area (Å²) < 4.78 is 14.5. The fourth-order valence-electron chi connectivity index (χ4n) is 3.16. The molecule has 5 nitrogen and oxygen atoms in total. The van der Waals surface area contributed by atoms with Gasteiger partial charge < -0.3 is 10.2 Å². The van der Waals surface area contributed by atoms with Crippen LogP contribution in [0.2, 0.25) is 0 Å². The third-order valence-electron chi connectivity index (χ3n) is 4.32. The summed E-state index contributed by atoms with van der Waals surface area (Å²) in [5.41, 5.74) is 1.21. The first-order chi connectivity index (χ1) is 10.5. The number of piperidine rings is 1. The molecule has 0 radical (unpaired) electrons. The van der Waals surface area contributed by atoms with Crippen LogP contribution in [0, 0.1) is 5.82 Å². The number of hydrogen-bond acceptors (Lipinski definition) is 4. The van der Waals surface area contributed by atoms with E-state index in [0.29, 0.717) is 30.1 Å². The maximum atomic E-state index is 14.5. The van der Waals surface area contributed by atoms with Gasteiger partial charge in [0.15, 0.2) is 0 Å². The summed E-state index contributed by atoms with van der Waals surface area (Å²) in [7, 11) is 0. The highest BCUT2D eigenvalue weighted by molar-refractivity contribution is 6.00. The zero-order valence-corrected chi connectivity index (χ0v) is 12.6. The number of nitrogens with zero attached hydrogens (tertiary/aromatic N) is 1. The Kier molecular flexibility index (Phi) is 4.11. The summed E-state index contributed by atoms with van der Waals surface area (Å²) >= 11 is 0. The van der Waals surface area contributed by atoms with E-state index in [1.54, 1.807) is 12.1 Å². The molecule has 0 aromatic heterocycles. The topological polar surface area (TPSA) is 61.4 Å². The molecule has 0 saturated carbocycles. The SMILES string of the molecule is C[C@H]1CN(c2ccc(C3CCC(=O)NC3=O)cc2F)CCN1. The van der Waals surface area contributed by atoms with Gasteiger partial charge >= 0.3 is 0 Å². The molecule has 2 aliphatic rings. The van der Waals surface area contributed by atoms with E-state index in [-0.39, 0.29) is 17.6 Å². The molecule has 1 unspecified atom stereocenters. The molecule has 6 heteroatoms. The van der Waals surface area contributed by atoms with Crippen molar-refractivity contribution in [1.82, 2.24) is 10.6 Å². The Morgan fingerprint density at radius 2 is 2.14 bits per heavy atom. The van der Waals surface area contributed by atoms with E-state index in [1.807, 2.05) is 4.90 Å². The largest absolute Gasteiger partial charge is 0.366 e. The van der Waals surface area contributed by atoms with Crippen molar-refractivity contribution in [2.45, 2.75) is 31.7 Å². The molecule has 2 aliphatic heterocycles. The number of rotatable bonds is 2. The van der Waals surface area contributed by atoms with Crippen molar-refractivity contribution in [1.29, 1.82) is 0 Å². The van der Waals surface area contributed by atoms with Gasteiger partial charge in [-0.25, -0.2) is 4.39 Å². The molecule has 2 fully saturated rings. The van der Waals surface area contributed by atoms with Crippen LogP contribution in [0.25, 0.3) is 0 Å². The number of carbonyl (C=O) groups excluding carboxylic acids is 2. The van der Waals surface area contributed by atoms with Crippen molar-refractivity contribution < 1.29 is 14.0 Å². The average molecular weight is 305 g/mol.